The molecule has 1 N–H and O–H groups in total. The first kappa shape index (κ1) is 15.5. The van der Waals surface area contributed by atoms with Gasteiger partial charge in [0.1, 0.15) is 0 Å². The van der Waals surface area contributed by atoms with Crippen LogP contribution in [0.1, 0.15) is 26.3 Å². The number of morpholine rings is 1. The van der Waals surface area contributed by atoms with Gasteiger partial charge in [-0.3, -0.25) is 9.69 Å². The molecule has 2 rings (SSSR count). The van der Waals surface area contributed by atoms with E-state index in [0.717, 1.165) is 13.1 Å². The van der Waals surface area contributed by atoms with Crippen molar-refractivity contribution in [3.8, 4) is 6.07 Å². The molecule has 1 aliphatic rings. The van der Waals surface area contributed by atoms with Crippen molar-refractivity contribution in [2.75, 3.05) is 18.4 Å². The average Bonchev–Trinajstić information content (AvgIpc) is 2.45. The molecule has 1 heterocycles. The van der Waals surface area contributed by atoms with Gasteiger partial charge in [-0.05, 0) is 39.0 Å². The number of benzene rings is 1. The Bertz CT molecular complexity index is 543. The molecule has 1 fully saturated rings. The lowest BCUT2D eigenvalue weighted by atomic mass is 10.1. The zero-order valence-electron chi connectivity index (χ0n) is 12.7. The Kier molecular flexibility index (Phi) is 4.94. The van der Waals surface area contributed by atoms with Crippen LogP contribution in [-0.2, 0) is 9.53 Å². The first-order valence-electron chi connectivity index (χ1n) is 7.20. The maximum atomic E-state index is 12.3. The number of hydrogen-bond acceptors (Lipinski definition) is 4. The molecule has 112 valence electrons. The summed E-state index contributed by atoms with van der Waals surface area (Å²) < 4.78 is 5.69. The van der Waals surface area contributed by atoms with Crippen LogP contribution in [0, 0.1) is 11.3 Å². The summed E-state index contributed by atoms with van der Waals surface area (Å²) in [5, 5.41) is 11.8. The Labute approximate surface area is 125 Å². The number of carbonyl (C=O) groups excluding carboxylic acids is 1. The molecule has 21 heavy (non-hydrogen) atoms. The molecule has 0 aliphatic carbocycles. The Balaban J connectivity index is 2.00. The molecule has 0 bridgehead atoms. The maximum Gasteiger partial charge on any atom is 0.241 e. The van der Waals surface area contributed by atoms with Crippen LogP contribution in [-0.4, -0.2) is 42.1 Å². The highest BCUT2D eigenvalue weighted by atomic mass is 16.5. The molecule has 3 atom stereocenters. The Hall–Kier alpha value is -1.90. The number of nitrogens with one attached hydrogen (secondary N) is 1. The van der Waals surface area contributed by atoms with Crippen molar-refractivity contribution < 1.29 is 9.53 Å². The van der Waals surface area contributed by atoms with E-state index in [1.54, 1.807) is 24.3 Å². The lowest BCUT2D eigenvalue weighted by Crippen LogP contribution is -2.52. The van der Waals surface area contributed by atoms with Crippen molar-refractivity contribution >= 4 is 11.6 Å². The van der Waals surface area contributed by atoms with Gasteiger partial charge in [0.25, 0.3) is 0 Å². The third-order valence-corrected chi connectivity index (χ3v) is 3.63. The first-order valence-corrected chi connectivity index (χ1v) is 7.20. The highest BCUT2D eigenvalue weighted by Crippen LogP contribution is 2.16. The second-order valence-electron chi connectivity index (χ2n) is 5.57. The molecular formula is C16H21N3O2. The van der Waals surface area contributed by atoms with E-state index in [1.165, 1.54) is 0 Å². The van der Waals surface area contributed by atoms with Crippen molar-refractivity contribution in [3.63, 3.8) is 0 Å². The summed E-state index contributed by atoms with van der Waals surface area (Å²) in [6, 6.07) is 8.77. The molecular weight excluding hydrogens is 266 g/mol. The number of anilines is 1. The smallest absolute Gasteiger partial charge is 0.241 e. The van der Waals surface area contributed by atoms with Crippen LogP contribution in [0.4, 0.5) is 5.69 Å². The number of nitrogens with zero attached hydrogens (tertiary/aromatic N) is 2. The minimum absolute atomic E-state index is 0.0635. The third-order valence-electron chi connectivity index (χ3n) is 3.63. The van der Waals surface area contributed by atoms with Gasteiger partial charge in [-0.15, -0.1) is 0 Å². The van der Waals surface area contributed by atoms with E-state index in [2.05, 4.69) is 16.3 Å². The summed E-state index contributed by atoms with van der Waals surface area (Å²) in [6.07, 6.45) is 0.261. The summed E-state index contributed by atoms with van der Waals surface area (Å²) >= 11 is 0. The molecule has 5 heteroatoms. The van der Waals surface area contributed by atoms with Gasteiger partial charge in [-0.25, -0.2) is 0 Å². The van der Waals surface area contributed by atoms with Gasteiger partial charge < -0.3 is 10.1 Å². The molecule has 1 amide bonds. The molecule has 1 aromatic carbocycles. The van der Waals surface area contributed by atoms with Crippen LogP contribution in [0.3, 0.4) is 0 Å². The molecule has 0 radical (unpaired) electrons. The average molecular weight is 287 g/mol. The van der Waals surface area contributed by atoms with Crippen molar-refractivity contribution in [1.82, 2.24) is 4.90 Å². The van der Waals surface area contributed by atoms with Gasteiger partial charge in [-0.1, -0.05) is 6.07 Å². The third kappa shape index (κ3) is 4.03. The minimum atomic E-state index is -0.232. The van der Waals surface area contributed by atoms with Crippen LogP contribution in [0.15, 0.2) is 24.3 Å². The normalized spacial score (nSPS) is 24.1. The highest BCUT2D eigenvalue weighted by molar-refractivity contribution is 5.94. The SMILES string of the molecule is C[C@@H]1CN([C@H](C)C(=O)Nc2cccc(C#N)c2)C[C@@H](C)O1. The summed E-state index contributed by atoms with van der Waals surface area (Å²) in [7, 11) is 0. The molecule has 0 spiro atoms. The fourth-order valence-corrected chi connectivity index (χ4v) is 2.61. The van der Waals surface area contributed by atoms with Crippen LogP contribution < -0.4 is 5.32 Å². The Morgan fingerprint density at radius 2 is 2.10 bits per heavy atom. The fourth-order valence-electron chi connectivity index (χ4n) is 2.61. The monoisotopic (exact) mass is 287 g/mol. The van der Waals surface area contributed by atoms with E-state index in [1.807, 2.05) is 20.8 Å². The molecule has 1 saturated heterocycles. The maximum absolute atomic E-state index is 12.3. The van der Waals surface area contributed by atoms with Gasteiger partial charge in [0.15, 0.2) is 0 Å². The van der Waals surface area contributed by atoms with Crippen molar-refractivity contribution in [2.24, 2.45) is 0 Å². The molecule has 1 aliphatic heterocycles. The van der Waals surface area contributed by atoms with E-state index in [4.69, 9.17) is 10.00 Å². The summed E-state index contributed by atoms with van der Waals surface area (Å²) in [5.74, 6) is -0.0635. The summed E-state index contributed by atoms with van der Waals surface area (Å²) in [5.41, 5.74) is 1.19. The second kappa shape index (κ2) is 6.70. The predicted octanol–water partition coefficient (Wildman–Crippen LogP) is 1.99. The molecule has 0 unspecified atom stereocenters. The van der Waals surface area contributed by atoms with Gasteiger partial charge in [-0.2, -0.15) is 5.26 Å². The van der Waals surface area contributed by atoms with Crippen LogP contribution >= 0.6 is 0 Å². The molecule has 1 aromatic rings. The van der Waals surface area contributed by atoms with E-state index < -0.39 is 0 Å². The summed E-state index contributed by atoms with van der Waals surface area (Å²) in [4.78, 5) is 14.5. The van der Waals surface area contributed by atoms with E-state index >= 15 is 0 Å². The number of carbonyl (C=O) groups is 1. The zero-order chi connectivity index (χ0) is 15.4. The van der Waals surface area contributed by atoms with Crippen molar-refractivity contribution in [1.29, 1.82) is 5.26 Å². The fraction of sp³-hybridized carbons (Fsp3) is 0.500. The van der Waals surface area contributed by atoms with E-state index in [0.29, 0.717) is 11.3 Å². The van der Waals surface area contributed by atoms with Gasteiger partial charge in [0.2, 0.25) is 5.91 Å². The number of hydrogen-bond donors (Lipinski definition) is 1. The van der Waals surface area contributed by atoms with E-state index in [-0.39, 0.29) is 24.2 Å². The quantitative estimate of drug-likeness (QED) is 0.923. The van der Waals surface area contributed by atoms with Gasteiger partial charge in [0.05, 0.1) is 29.9 Å². The first-order chi connectivity index (χ1) is 9.99. The lowest BCUT2D eigenvalue weighted by Gasteiger charge is -2.38. The largest absolute Gasteiger partial charge is 0.373 e. The Morgan fingerprint density at radius 1 is 1.43 bits per heavy atom. The van der Waals surface area contributed by atoms with Gasteiger partial charge in [0, 0.05) is 18.8 Å². The molecule has 0 saturated carbocycles. The van der Waals surface area contributed by atoms with Crippen molar-refractivity contribution in [3.05, 3.63) is 29.8 Å². The van der Waals surface area contributed by atoms with E-state index in [9.17, 15) is 4.79 Å². The van der Waals surface area contributed by atoms with Crippen molar-refractivity contribution in [2.45, 2.75) is 39.0 Å². The minimum Gasteiger partial charge on any atom is -0.373 e. The summed E-state index contributed by atoms with van der Waals surface area (Å²) in [6.45, 7) is 7.43. The Morgan fingerprint density at radius 3 is 2.71 bits per heavy atom. The predicted molar refractivity (Wildman–Crippen MR) is 80.8 cm³/mol. The zero-order valence-corrected chi connectivity index (χ0v) is 12.7. The van der Waals surface area contributed by atoms with Crippen LogP contribution in [0.5, 0.6) is 0 Å². The topological polar surface area (TPSA) is 65.4 Å². The van der Waals surface area contributed by atoms with Gasteiger partial charge >= 0.3 is 0 Å². The number of rotatable bonds is 3. The lowest BCUT2D eigenvalue weighted by molar-refractivity contribution is -0.126. The molecule has 5 nitrogen and oxygen atoms in total. The second-order valence-corrected chi connectivity index (χ2v) is 5.57. The highest BCUT2D eigenvalue weighted by Gasteiger charge is 2.29. The standard InChI is InChI=1S/C16H21N3O2/c1-11-9-19(10-12(2)21-11)13(3)16(20)18-15-6-4-5-14(7-15)8-17/h4-7,11-13H,9-10H2,1-3H3,(H,18,20)/t11-,12-,13-/m1/s1. The van der Waals surface area contributed by atoms with Crippen LogP contribution in [0.25, 0.3) is 0 Å². The number of amides is 1. The number of nitriles is 1. The molecule has 0 aromatic heterocycles. The van der Waals surface area contributed by atoms with Crippen LogP contribution in [0.2, 0.25) is 0 Å². The number of ether oxygens (including phenoxy) is 1.